The van der Waals surface area contributed by atoms with Crippen LogP contribution in [-0.2, 0) is 0 Å². The van der Waals surface area contributed by atoms with Gasteiger partial charge in [0.2, 0.25) is 0 Å². The number of hydrogen-bond acceptors (Lipinski definition) is 1. The summed E-state index contributed by atoms with van der Waals surface area (Å²) in [5.41, 5.74) is 0.0415. The third-order valence-electron chi connectivity index (χ3n) is 9.10. The predicted octanol–water partition coefficient (Wildman–Crippen LogP) is 8.68. The van der Waals surface area contributed by atoms with Crippen LogP contribution in [0.1, 0.15) is 129 Å². The molecule has 0 heterocycles. The van der Waals surface area contributed by atoms with E-state index in [0.717, 1.165) is 36.0 Å². The molecule has 1 heteroatoms. The molecular weight excluding hydrogens is 338 g/mol. The number of hydrogen-bond donors (Lipinski definition) is 0. The summed E-state index contributed by atoms with van der Waals surface area (Å²) in [5.74, 6) is 4.93. The Morgan fingerprint density at radius 3 is 2.14 bits per heavy atom. The van der Waals surface area contributed by atoms with Gasteiger partial charge in [0.05, 0.1) is 11.5 Å². The van der Waals surface area contributed by atoms with Crippen molar-refractivity contribution in [3.05, 3.63) is 0 Å². The zero-order chi connectivity index (χ0) is 19.8. The summed E-state index contributed by atoms with van der Waals surface area (Å²) in [4.78, 5) is 0. The first kappa shape index (κ1) is 22.2. The van der Waals surface area contributed by atoms with Gasteiger partial charge in [0.25, 0.3) is 0 Å². The molecule has 3 saturated carbocycles. The van der Waals surface area contributed by atoms with E-state index in [9.17, 15) is 5.26 Å². The predicted molar refractivity (Wildman–Crippen MR) is 120 cm³/mol. The molecule has 0 bridgehead atoms. The molecule has 3 aliphatic carbocycles. The molecular formula is C27H47N. The van der Waals surface area contributed by atoms with Crippen molar-refractivity contribution in [2.75, 3.05) is 0 Å². The van der Waals surface area contributed by atoms with E-state index in [1.807, 2.05) is 0 Å². The second kappa shape index (κ2) is 11.0. The first-order valence-corrected chi connectivity index (χ1v) is 13.1. The fourth-order valence-electron chi connectivity index (χ4n) is 7.19. The van der Waals surface area contributed by atoms with Crippen LogP contribution in [0.25, 0.3) is 0 Å². The van der Waals surface area contributed by atoms with Crippen LogP contribution in [0.5, 0.6) is 0 Å². The first-order chi connectivity index (χ1) is 13.7. The van der Waals surface area contributed by atoms with Crippen molar-refractivity contribution in [3.8, 4) is 6.07 Å². The van der Waals surface area contributed by atoms with Crippen LogP contribution in [0.15, 0.2) is 0 Å². The molecule has 160 valence electrons. The van der Waals surface area contributed by atoms with E-state index in [4.69, 9.17) is 0 Å². The maximum Gasteiger partial charge on any atom is 0.0689 e. The second-order valence-corrected chi connectivity index (χ2v) is 11.0. The molecule has 1 nitrogen and oxygen atoms in total. The lowest BCUT2D eigenvalue weighted by Crippen LogP contribution is -2.38. The zero-order valence-corrected chi connectivity index (χ0v) is 19.1. The van der Waals surface area contributed by atoms with Crippen molar-refractivity contribution < 1.29 is 0 Å². The Balaban J connectivity index is 1.41. The third-order valence-corrected chi connectivity index (χ3v) is 9.10. The maximum atomic E-state index is 9.88. The van der Waals surface area contributed by atoms with Crippen LogP contribution < -0.4 is 0 Å². The molecule has 3 rings (SSSR count). The molecule has 0 aromatic rings. The van der Waals surface area contributed by atoms with Crippen LogP contribution in [0.4, 0.5) is 0 Å². The lowest BCUT2D eigenvalue weighted by molar-refractivity contribution is 0.0379. The summed E-state index contributed by atoms with van der Waals surface area (Å²) >= 11 is 0. The van der Waals surface area contributed by atoms with E-state index in [-0.39, 0.29) is 5.41 Å². The highest BCUT2D eigenvalue weighted by Crippen LogP contribution is 2.53. The lowest BCUT2D eigenvalue weighted by Gasteiger charge is -2.47. The fourth-order valence-corrected chi connectivity index (χ4v) is 7.19. The lowest BCUT2D eigenvalue weighted by atomic mass is 9.57. The third kappa shape index (κ3) is 5.77. The van der Waals surface area contributed by atoms with Gasteiger partial charge in [0.1, 0.15) is 0 Å². The van der Waals surface area contributed by atoms with Crippen molar-refractivity contribution in [1.82, 2.24) is 0 Å². The van der Waals surface area contributed by atoms with E-state index in [1.165, 1.54) is 109 Å². The molecule has 0 aromatic heterocycles. The van der Waals surface area contributed by atoms with Crippen LogP contribution in [0.3, 0.4) is 0 Å². The van der Waals surface area contributed by atoms with Gasteiger partial charge in [-0.25, -0.2) is 0 Å². The number of rotatable bonds is 9. The van der Waals surface area contributed by atoms with Gasteiger partial charge >= 0.3 is 0 Å². The molecule has 0 radical (unpaired) electrons. The highest BCUT2D eigenvalue weighted by atomic mass is 14.5. The van der Waals surface area contributed by atoms with Crippen molar-refractivity contribution in [1.29, 1.82) is 5.26 Å². The molecule has 3 aliphatic rings. The van der Waals surface area contributed by atoms with E-state index in [1.54, 1.807) is 0 Å². The maximum absolute atomic E-state index is 9.88. The molecule has 0 saturated heterocycles. The van der Waals surface area contributed by atoms with Crippen LogP contribution in [0, 0.1) is 46.3 Å². The van der Waals surface area contributed by atoms with E-state index < -0.39 is 0 Å². The second-order valence-electron chi connectivity index (χ2n) is 11.0. The van der Waals surface area contributed by atoms with Gasteiger partial charge in [-0.2, -0.15) is 5.26 Å². The van der Waals surface area contributed by atoms with E-state index in [0.29, 0.717) is 0 Å². The van der Waals surface area contributed by atoms with Gasteiger partial charge in [-0.3, -0.25) is 0 Å². The van der Waals surface area contributed by atoms with Crippen molar-refractivity contribution in [2.45, 2.75) is 129 Å². The number of unbranched alkanes of at least 4 members (excludes halogenated alkanes) is 4. The molecule has 0 unspecified atom stereocenters. The Labute approximate surface area is 176 Å². The Hall–Kier alpha value is -0.510. The number of nitrogens with zero attached hydrogens (tertiary/aromatic N) is 1. The summed E-state index contributed by atoms with van der Waals surface area (Å²) in [5, 5.41) is 9.88. The minimum absolute atomic E-state index is 0.0415. The summed E-state index contributed by atoms with van der Waals surface area (Å²) in [6.07, 6.45) is 25.2. The van der Waals surface area contributed by atoms with Crippen LogP contribution in [0.2, 0.25) is 0 Å². The van der Waals surface area contributed by atoms with Gasteiger partial charge in [0, 0.05) is 0 Å². The highest BCUT2D eigenvalue weighted by Gasteiger charge is 2.44. The van der Waals surface area contributed by atoms with E-state index in [2.05, 4.69) is 19.9 Å². The minimum Gasteiger partial charge on any atom is -0.198 e. The van der Waals surface area contributed by atoms with Gasteiger partial charge < -0.3 is 0 Å². The SMILES string of the molecule is CCCCCCC1CCC([C@H]2CC[C@@H]3C[C@](C#N)(CCCC)CC[C@@H]3C2)CC1. The molecule has 3 fully saturated rings. The van der Waals surface area contributed by atoms with Gasteiger partial charge in [-0.1, -0.05) is 71.6 Å². The van der Waals surface area contributed by atoms with E-state index >= 15 is 0 Å². The number of nitriles is 1. The Morgan fingerprint density at radius 2 is 1.43 bits per heavy atom. The summed E-state index contributed by atoms with van der Waals surface area (Å²) < 4.78 is 0. The summed E-state index contributed by atoms with van der Waals surface area (Å²) in [7, 11) is 0. The van der Waals surface area contributed by atoms with Crippen molar-refractivity contribution >= 4 is 0 Å². The fraction of sp³-hybridized carbons (Fsp3) is 0.963. The molecule has 0 aromatic carbocycles. The molecule has 0 aliphatic heterocycles. The van der Waals surface area contributed by atoms with Crippen LogP contribution >= 0.6 is 0 Å². The van der Waals surface area contributed by atoms with Gasteiger partial charge in [-0.15, -0.1) is 0 Å². The summed E-state index contributed by atoms with van der Waals surface area (Å²) in [6, 6.07) is 2.79. The minimum atomic E-state index is 0.0415. The standard InChI is InChI=1S/C27H47N/c1-3-5-7-8-9-22-10-12-23(13-11-22)24-14-15-26-20-27(21-28,17-6-4-2)18-16-25(26)19-24/h22-26H,3-20H2,1-2H3/t22?,23?,24-,25+,26+,27-/m0/s1. The Bertz CT molecular complexity index is 483. The topological polar surface area (TPSA) is 23.8 Å². The van der Waals surface area contributed by atoms with Crippen molar-refractivity contribution in [2.24, 2.45) is 35.0 Å². The average molecular weight is 386 g/mol. The first-order valence-electron chi connectivity index (χ1n) is 13.1. The van der Waals surface area contributed by atoms with Gasteiger partial charge in [0.15, 0.2) is 0 Å². The van der Waals surface area contributed by atoms with Gasteiger partial charge in [-0.05, 0) is 87.4 Å². The molecule has 0 N–H and O–H groups in total. The molecule has 28 heavy (non-hydrogen) atoms. The quantitative estimate of drug-likeness (QED) is 0.364. The Kier molecular flexibility index (Phi) is 8.74. The highest BCUT2D eigenvalue weighted by molar-refractivity contribution is 5.04. The Morgan fingerprint density at radius 1 is 0.750 bits per heavy atom. The summed E-state index contributed by atoms with van der Waals surface area (Å²) in [6.45, 7) is 4.58. The average Bonchev–Trinajstić information content (AvgIpc) is 2.75. The van der Waals surface area contributed by atoms with Crippen LogP contribution in [-0.4, -0.2) is 0 Å². The molecule has 4 atom stereocenters. The smallest absolute Gasteiger partial charge is 0.0689 e. The molecule has 0 spiro atoms. The van der Waals surface area contributed by atoms with Crippen molar-refractivity contribution in [3.63, 3.8) is 0 Å². The zero-order valence-electron chi connectivity index (χ0n) is 19.1. The largest absolute Gasteiger partial charge is 0.198 e. The normalized spacial score (nSPS) is 38.5. The number of fused-ring (bicyclic) bond motifs is 1. The molecule has 0 amide bonds. The monoisotopic (exact) mass is 385 g/mol.